The van der Waals surface area contributed by atoms with Crippen LogP contribution in [0.15, 0.2) is 82.3 Å². The van der Waals surface area contributed by atoms with Gasteiger partial charge >= 0.3 is 5.97 Å². The number of benzene rings is 3. The van der Waals surface area contributed by atoms with Gasteiger partial charge in [0.15, 0.2) is 5.82 Å². The van der Waals surface area contributed by atoms with E-state index in [4.69, 9.17) is 9.51 Å². The number of aromatic nitrogens is 4. The Balaban J connectivity index is 1.43. The molecule has 0 unspecified atom stereocenters. The van der Waals surface area contributed by atoms with Gasteiger partial charge < -0.3 is 23.5 Å². The van der Waals surface area contributed by atoms with Crippen molar-refractivity contribution in [2.45, 2.75) is 51.5 Å². The Morgan fingerprint density at radius 2 is 1.85 bits per heavy atom. The topological polar surface area (TPSA) is 98.1 Å². The summed E-state index contributed by atoms with van der Waals surface area (Å²) in [6, 6.07) is 21.8. The van der Waals surface area contributed by atoms with Crippen LogP contribution < -0.4 is 4.72 Å². The summed E-state index contributed by atoms with van der Waals surface area (Å²) in [5.41, 5.74) is 6.17. The van der Waals surface area contributed by atoms with E-state index in [0.717, 1.165) is 74.5 Å². The number of para-hydroxylation sites is 2. The van der Waals surface area contributed by atoms with Gasteiger partial charge in [0.1, 0.15) is 11.6 Å². The van der Waals surface area contributed by atoms with Crippen molar-refractivity contribution < 1.29 is 14.4 Å². The van der Waals surface area contributed by atoms with Gasteiger partial charge in [0.2, 0.25) is 0 Å². The lowest BCUT2D eigenvalue weighted by Gasteiger charge is -2.12. The lowest BCUT2D eigenvalue weighted by Crippen LogP contribution is -2.06. The van der Waals surface area contributed by atoms with Crippen LogP contribution in [0.3, 0.4) is 0 Å². The fourth-order valence-electron chi connectivity index (χ4n) is 5.11. The Morgan fingerprint density at radius 3 is 2.63 bits per heavy atom. The highest BCUT2D eigenvalue weighted by Crippen LogP contribution is 2.33. The molecule has 0 saturated carbocycles. The second kappa shape index (κ2) is 11.2. The Hall–Kier alpha value is -4.50. The van der Waals surface area contributed by atoms with Gasteiger partial charge in [-0.1, -0.05) is 48.8 Å². The van der Waals surface area contributed by atoms with E-state index >= 15 is 0 Å². The molecule has 0 saturated heterocycles. The minimum absolute atomic E-state index is 0.263. The molecular formula is C32H31N5O3S. The summed E-state index contributed by atoms with van der Waals surface area (Å²) in [7, 11) is 0. The zero-order valence-corrected chi connectivity index (χ0v) is 24.0. The number of imidazole rings is 1. The van der Waals surface area contributed by atoms with Gasteiger partial charge in [0, 0.05) is 23.6 Å². The van der Waals surface area contributed by atoms with E-state index < -0.39 is 5.97 Å². The average molecular weight is 566 g/mol. The van der Waals surface area contributed by atoms with Crippen molar-refractivity contribution in [1.82, 2.24) is 19.3 Å². The third kappa shape index (κ3) is 5.09. The molecule has 0 aliphatic rings. The zero-order valence-electron chi connectivity index (χ0n) is 23.2. The third-order valence-corrected chi connectivity index (χ3v) is 8.35. The van der Waals surface area contributed by atoms with Gasteiger partial charge in [0.25, 0.3) is 0 Å². The van der Waals surface area contributed by atoms with Crippen LogP contribution in [-0.4, -0.2) is 30.4 Å². The highest BCUT2D eigenvalue weighted by Gasteiger charge is 2.18. The van der Waals surface area contributed by atoms with Gasteiger partial charge in [0.05, 0.1) is 39.2 Å². The van der Waals surface area contributed by atoms with E-state index in [-0.39, 0.29) is 5.56 Å². The first kappa shape index (κ1) is 26.7. The van der Waals surface area contributed by atoms with Crippen LogP contribution in [0.4, 0.5) is 5.82 Å². The van der Waals surface area contributed by atoms with Crippen molar-refractivity contribution in [2.24, 2.45) is 0 Å². The molecule has 0 radical (unpaired) electrons. The van der Waals surface area contributed by atoms with Gasteiger partial charge in [-0.3, -0.25) is 0 Å². The number of carboxylic acids is 1. The smallest absolute Gasteiger partial charge is 0.335 e. The number of nitrogens with zero attached hydrogens (tertiary/aromatic N) is 4. The maximum atomic E-state index is 11.8. The van der Waals surface area contributed by atoms with Crippen molar-refractivity contribution in [3.63, 3.8) is 0 Å². The molecule has 6 rings (SSSR count). The van der Waals surface area contributed by atoms with Crippen molar-refractivity contribution in [3.05, 3.63) is 101 Å². The molecule has 9 heteroatoms. The van der Waals surface area contributed by atoms with Crippen molar-refractivity contribution in [1.29, 1.82) is 0 Å². The molecule has 208 valence electrons. The maximum absolute atomic E-state index is 11.8. The largest absolute Gasteiger partial charge is 0.478 e. The molecule has 2 N–H and O–H groups in total. The Morgan fingerprint density at radius 1 is 1.05 bits per heavy atom. The van der Waals surface area contributed by atoms with E-state index in [1.807, 2.05) is 32.0 Å². The van der Waals surface area contributed by atoms with Crippen LogP contribution in [0, 0.1) is 13.8 Å². The first-order valence-corrected chi connectivity index (χ1v) is 14.5. The van der Waals surface area contributed by atoms with Crippen LogP contribution in [0.25, 0.3) is 27.6 Å². The van der Waals surface area contributed by atoms with Gasteiger partial charge in [-0.05, 0) is 74.2 Å². The molecule has 0 amide bonds. The van der Waals surface area contributed by atoms with Gasteiger partial charge in [-0.2, -0.15) is 0 Å². The van der Waals surface area contributed by atoms with Crippen LogP contribution in [-0.2, 0) is 13.0 Å². The molecular weight excluding hydrogens is 534 g/mol. The van der Waals surface area contributed by atoms with Gasteiger partial charge in [-0.25, -0.2) is 9.78 Å². The summed E-state index contributed by atoms with van der Waals surface area (Å²) in [5, 5.41) is 14.9. The summed E-state index contributed by atoms with van der Waals surface area (Å²) in [6.07, 6.45) is 5.09. The summed E-state index contributed by atoms with van der Waals surface area (Å²) in [5.74, 6) is 1.54. The fraction of sp³-hybridized carbons (Fsp3) is 0.219. The molecule has 0 spiro atoms. The lowest BCUT2D eigenvalue weighted by atomic mass is 10.1. The molecule has 0 aliphatic carbocycles. The maximum Gasteiger partial charge on any atom is 0.335 e. The second-order valence-corrected chi connectivity index (χ2v) is 11.0. The number of carbonyl (C=O) groups is 1. The fourth-order valence-corrected chi connectivity index (χ4v) is 5.93. The number of aryl methyl sites for hydroxylation is 2. The second-order valence-electron chi connectivity index (χ2n) is 10.2. The average Bonchev–Trinajstić information content (AvgIpc) is 3.64. The molecule has 0 bridgehead atoms. The van der Waals surface area contributed by atoms with E-state index in [0.29, 0.717) is 12.4 Å². The lowest BCUT2D eigenvalue weighted by molar-refractivity contribution is 0.0697. The molecule has 3 heterocycles. The molecule has 0 atom stereocenters. The van der Waals surface area contributed by atoms with Crippen LogP contribution in [0.2, 0.25) is 0 Å². The number of fused-ring (bicyclic) bond motifs is 2. The molecule has 41 heavy (non-hydrogen) atoms. The number of carboxylic acid groups (broad SMARTS) is 1. The molecule has 3 aromatic carbocycles. The quantitative estimate of drug-likeness (QED) is 0.164. The predicted octanol–water partition coefficient (Wildman–Crippen LogP) is 7.79. The Labute approximate surface area is 242 Å². The standard InChI is InChI=1S/C32H31N5O3S/c1-4-5-14-30-33-25-16-15-22(32(38)39)17-28(25)37(30)19-23-18-36(26-11-7-6-10-24(23)26)27-12-8-9-13-29(27)41-35-31-20(2)21(3)40-34-31/h6-13,15-18H,4-5,14,19H2,1-3H3,(H,34,35)(H,38,39). The number of nitrogens with one attached hydrogen (secondary N) is 1. The zero-order chi connectivity index (χ0) is 28.5. The molecule has 0 aliphatic heterocycles. The minimum atomic E-state index is -0.940. The minimum Gasteiger partial charge on any atom is -0.478 e. The number of rotatable bonds is 10. The highest BCUT2D eigenvalue weighted by atomic mass is 32.2. The molecule has 3 aromatic heterocycles. The number of unbranched alkanes of at least 4 members (excludes halogenated alkanes) is 1. The number of hydrogen-bond acceptors (Lipinski definition) is 6. The first-order valence-electron chi connectivity index (χ1n) is 13.7. The van der Waals surface area contributed by atoms with Crippen molar-refractivity contribution in [3.8, 4) is 5.69 Å². The normalized spacial score (nSPS) is 11.5. The summed E-state index contributed by atoms with van der Waals surface area (Å²) in [4.78, 5) is 17.7. The van der Waals surface area contributed by atoms with E-state index in [2.05, 4.69) is 68.5 Å². The number of hydrogen-bond donors (Lipinski definition) is 2. The van der Waals surface area contributed by atoms with Crippen molar-refractivity contribution >= 4 is 45.7 Å². The van der Waals surface area contributed by atoms with E-state index in [1.54, 1.807) is 12.1 Å². The van der Waals surface area contributed by atoms with E-state index in [1.165, 1.54) is 11.9 Å². The first-order chi connectivity index (χ1) is 19.9. The van der Waals surface area contributed by atoms with Crippen molar-refractivity contribution in [2.75, 3.05) is 4.72 Å². The van der Waals surface area contributed by atoms with Crippen LogP contribution in [0.5, 0.6) is 0 Å². The van der Waals surface area contributed by atoms with E-state index in [9.17, 15) is 9.90 Å². The Bertz CT molecular complexity index is 1880. The SMILES string of the molecule is CCCCc1nc2ccc(C(=O)O)cc2n1Cc1cn(-c2ccccc2SNc2noc(C)c2C)c2ccccc12. The molecule has 8 nitrogen and oxygen atoms in total. The third-order valence-electron chi connectivity index (χ3n) is 7.49. The molecule has 6 aromatic rings. The Kier molecular flexibility index (Phi) is 7.28. The monoisotopic (exact) mass is 565 g/mol. The predicted molar refractivity (Wildman–Crippen MR) is 163 cm³/mol. The molecule has 0 fully saturated rings. The number of aromatic carboxylic acids is 1. The number of anilines is 1. The summed E-state index contributed by atoms with van der Waals surface area (Å²) >= 11 is 1.50. The highest BCUT2D eigenvalue weighted by molar-refractivity contribution is 8.00. The van der Waals surface area contributed by atoms with Gasteiger partial charge in [-0.15, -0.1) is 0 Å². The van der Waals surface area contributed by atoms with Crippen LogP contribution >= 0.6 is 11.9 Å². The summed E-state index contributed by atoms with van der Waals surface area (Å²) in [6.45, 7) is 6.63. The van der Waals surface area contributed by atoms with Crippen LogP contribution in [0.1, 0.15) is 52.8 Å². The summed E-state index contributed by atoms with van der Waals surface area (Å²) < 4.78 is 13.1.